The number of carbonyl (C=O) groups is 1. The molecule has 120 valence electrons. The highest BCUT2D eigenvalue weighted by molar-refractivity contribution is 7.90. The van der Waals surface area contributed by atoms with Crippen molar-refractivity contribution in [3.05, 3.63) is 53.8 Å². The summed E-state index contributed by atoms with van der Waals surface area (Å²) in [5.41, 5.74) is 1.99. The van der Waals surface area contributed by atoms with Crippen LogP contribution in [-0.4, -0.2) is 37.4 Å². The number of rotatable bonds is 3. The molecule has 0 fully saturated rings. The fourth-order valence-corrected chi connectivity index (χ4v) is 3.52. The largest absolute Gasteiger partial charge is 0.331 e. The number of amidine groups is 1. The third-order valence-electron chi connectivity index (χ3n) is 3.75. The van der Waals surface area contributed by atoms with E-state index in [1.54, 1.807) is 23.3 Å². The van der Waals surface area contributed by atoms with Gasteiger partial charge in [0.05, 0.1) is 11.3 Å². The topological polar surface area (TPSA) is 78.8 Å². The number of benzene rings is 1. The van der Waals surface area contributed by atoms with Gasteiger partial charge in [0.1, 0.15) is 0 Å². The van der Waals surface area contributed by atoms with Gasteiger partial charge in [0.25, 0.3) is 15.9 Å². The monoisotopic (exact) mass is 331 g/mol. The molecule has 0 unspecified atom stereocenters. The Bertz CT molecular complexity index is 838. The zero-order valence-corrected chi connectivity index (χ0v) is 13.5. The molecule has 0 spiro atoms. The molecule has 2 aliphatic heterocycles. The van der Waals surface area contributed by atoms with Crippen LogP contribution >= 0.6 is 0 Å². The summed E-state index contributed by atoms with van der Waals surface area (Å²) in [4.78, 5) is 14.3. The van der Waals surface area contributed by atoms with Gasteiger partial charge >= 0.3 is 0 Å². The zero-order chi connectivity index (χ0) is 16.4. The van der Waals surface area contributed by atoms with Crippen molar-refractivity contribution in [3.8, 4) is 0 Å². The van der Waals surface area contributed by atoms with Crippen LogP contribution in [0.3, 0.4) is 0 Å². The third kappa shape index (κ3) is 3.19. The fourth-order valence-electron chi connectivity index (χ4n) is 2.53. The quantitative estimate of drug-likeness (QED) is 0.914. The maximum absolute atomic E-state index is 12.6. The second-order valence-electron chi connectivity index (χ2n) is 5.28. The van der Waals surface area contributed by atoms with Crippen molar-refractivity contribution in [2.75, 3.05) is 17.6 Å². The molecule has 1 N–H and O–H groups in total. The lowest BCUT2D eigenvalue weighted by Crippen LogP contribution is -2.40. The molecule has 0 bridgehead atoms. The molecule has 0 radical (unpaired) electrons. The zero-order valence-electron chi connectivity index (χ0n) is 12.7. The van der Waals surface area contributed by atoms with Gasteiger partial charge in [-0.3, -0.25) is 4.79 Å². The molecule has 7 heteroatoms. The van der Waals surface area contributed by atoms with Crippen LogP contribution in [0.15, 0.2) is 52.6 Å². The molecule has 0 aromatic heterocycles. The van der Waals surface area contributed by atoms with E-state index in [4.69, 9.17) is 0 Å². The highest BCUT2D eigenvalue weighted by Gasteiger charge is 2.30. The summed E-state index contributed by atoms with van der Waals surface area (Å²) >= 11 is 0. The van der Waals surface area contributed by atoms with Crippen molar-refractivity contribution < 1.29 is 13.2 Å². The van der Waals surface area contributed by atoms with Gasteiger partial charge < -0.3 is 10.2 Å². The Hall–Kier alpha value is -2.41. The number of hydrogen-bond donors (Lipinski definition) is 1. The van der Waals surface area contributed by atoms with Crippen molar-refractivity contribution in [3.63, 3.8) is 0 Å². The van der Waals surface area contributed by atoms with Crippen molar-refractivity contribution >= 4 is 27.5 Å². The van der Waals surface area contributed by atoms with Gasteiger partial charge in [-0.25, -0.2) is 8.42 Å². The Morgan fingerprint density at radius 3 is 2.91 bits per heavy atom. The number of nitrogens with zero attached hydrogens (tertiary/aromatic N) is 2. The number of nitrogens with one attached hydrogen (secondary N) is 1. The lowest BCUT2D eigenvalue weighted by atomic mass is 10.1. The second-order valence-corrected chi connectivity index (χ2v) is 7.04. The van der Waals surface area contributed by atoms with Crippen molar-refractivity contribution in [2.24, 2.45) is 4.40 Å². The van der Waals surface area contributed by atoms with Gasteiger partial charge in [-0.05, 0) is 30.2 Å². The molecule has 1 aromatic rings. The van der Waals surface area contributed by atoms with E-state index in [0.29, 0.717) is 6.54 Å². The normalized spacial score (nSPS) is 18.7. The van der Waals surface area contributed by atoms with E-state index in [9.17, 15) is 13.2 Å². The number of aryl methyl sites for hydroxylation is 1. The van der Waals surface area contributed by atoms with E-state index in [0.717, 1.165) is 17.7 Å². The van der Waals surface area contributed by atoms with Crippen LogP contribution in [0.4, 0.5) is 5.69 Å². The summed E-state index contributed by atoms with van der Waals surface area (Å²) in [5, 5.41) is 2.85. The van der Waals surface area contributed by atoms with Gasteiger partial charge in [-0.1, -0.05) is 25.1 Å². The van der Waals surface area contributed by atoms with Crippen molar-refractivity contribution in [2.45, 2.75) is 13.3 Å². The van der Waals surface area contributed by atoms with Gasteiger partial charge in [0, 0.05) is 18.4 Å². The number of para-hydroxylation sites is 1. The summed E-state index contributed by atoms with van der Waals surface area (Å²) in [6.45, 7) is 2.31. The molecule has 0 aliphatic carbocycles. The van der Waals surface area contributed by atoms with E-state index in [1.165, 1.54) is 0 Å². The summed E-state index contributed by atoms with van der Waals surface area (Å²) in [6, 6.07) is 7.53. The van der Waals surface area contributed by atoms with Crippen LogP contribution in [-0.2, 0) is 21.2 Å². The predicted octanol–water partition coefficient (Wildman–Crippen LogP) is 1.69. The maximum atomic E-state index is 12.6. The molecule has 0 saturated heterocycles. The molecule has 1 amide bonds. The summed E-state index contributed by atoms with van der Waals surface area (Å²) in [6.07, 6.45) is 5.82. The first-order valence-electron chi connectivity index (χ1n) is 7.37. The van der Waals surface area contributed by atoms with Crippen molar-refractivity contribution in [1.29, 1.82) is 0 Å². The minimum atomic E-state index is -3.51. The summed E-state index contributed by atoms with van der Waals surface area (Å²) < 4.78 is 27.2. The standard InChI is InChI=1S/C16H17N3O3S/c1-2-12-6-3-4-8-14(12)17-16(20)13-7-5-9-19-10-11-23(21,22)18-15(13)19/h3-9H,2,10-11H2,1H3,(H,17,20). The first kappa shape index (κ1) is 15.5. The number of amides is 1. The van der Waals surface area contributed by atoms with Crippen LogP contribution in [0.25, 0.3) is 0 Å². The third-order valence-corrected chi connectivity index (χ3v) is 4.90. The van der Waals surface area contributed by atoms with E-state index in [1.807, 2.05) is 31.2 Å². The number of allylic oxidation sites excluding steroid dienone is 2. The van der Waals surface area contributed by atoms with Crippen LogP contribution in [0.2, 0.25) is 0 Å². The van der Waals surface area contributed by atoms with Crippen molar-refractivity contribution in [1.82, 2.24) is 4.90 Å². The molecule has 2 heterocycles. The first-order valence-corrected chi connectivity index (χ1v) is 8.98. The molecule has 3 rings (SSSR count). The molecule has 2 aliphatic rings. The lowest BCUT2D eigenvalue weighted by molar-refractivity contribution is -0.112. The number of anilines is 1. The number of sulfonamides is 1. The molecular weight excluding hydrogens is 314 g/mol. The van der Waals surface area contributed by atoms with Crippen LogP contribution < -0.4 is 5.32 Å². The van der Waals surface area contributed by atoms with Crippen LogP contribution in [0.1, 0.15) is 12.5 Å². The Morgan fingerprint density at radius 2 is 2.13 bits per heavy atom. The first-order chi connectivity index (χ1) is 11.0. The smallest absolute Gasteiger partial charge is 0.259 e. The lowest BCUT2D eigenvalue weighted by Gasteiger charge is -2.28. The summed E-state index contributed by atoms with van der Waals surface area (Å²) in [7, 11) is -3.51. The van der Waals surface area contributed by atoms with E-state index < -0.39 is 10.0 Å². The maximum Gasteiger partial charge on any atom is 0.259 e. The number of hydrogen-bond acceptors (Lipinski definition) is 4. The van der Waals surface area contributed by atoms with Crippen LogP contribution in [0.5, 0.6) is 0 Å². The molecule has 1 aromatic carbocycles. The minimum Gasteiger partial charge on any atom is -0.331 e. The minimum absolute atomic E-state index is 0.0472. The fraction of sp³-hybridized carbons (Fsp3) is 0.250. The van der Waals surface area contributed by atoms with Gasteiger partial charge in [0.2, 0.25) is 0 Å². The molecule has 6 nitrogen and oxygen atoms in total. The number of fused-ring (bicyclic) bond motifs is 1. The molecule has 0 saturated carbocycles. The number of carbonyl (C=O) groups excluding carboxylic acids is 1. The average molecular weight is 331 g/mol. The summed E-state index contributed by atoms with van der Waals surface area (Å²) in [5.74, 6) is -0.227. The molecule has 23 heavy (non-hydrogen) atoms. The van der Waals surface area contributed by atoms with E-state index >= 15 is 0 Å². The molecule has 0 atom stereocenters. The Kier molecular flexibility index (Phi) is 4.04. The second kappa shape index (κ2) is 6.00. The Balaban J connectivity index is 1.91. The predicted molar refractivity (Wildman–Crippen MR) is 89.6 cm³/mol. The highest BCUT2D eigenvalue weighted by Crippen LogP contribution is 2.21. The Labute approximate surface area is 135 Å². The van der Waals surface area contributed by atoms with E-state index in [-0.39, 0.29) is 23.1 Å². The van der Waals surface area contributed by atoms with Crippen LogP contribution in [0, 0.1) is 0 Å². The van der Waals surface area contributed by atoms with E-state index in [2.05, 4.69) is 9.71 Å². The van der Waals surface area contributed by atoms with Gasteiger partial charge in [0.15, 0.2) is 5.84 Å². The highest BCUT2D eigenvalue weighted by atomic mass is 32.2. The SMILES string of the molecule is CCc1ccccc1NC(=O)C1=CC=CN2CCS(=O)(=O)N=C12. The molecular formula is C16H17N3O3S. The average Bonchev–Trinajstić information content (AvgIpc) is 2.54. The van der Waals surface area contributed by atoms with Gasteiger partial charge in [-0.2, -0.15) is 0 Å². The van der Waals surface area contributed by atoms with Gasteiger partial charge in [-0.15, -0.1) is 4.40 Å². The Morgan fingerprint density at radius 1 is 1.35 bits per heavy atom.